The molecule has 0 atom stereocenters. The zero-order valence-electron chi connectivity index (χ0n) is 11.9. The molecule has 0 fully saturated rings. The molecule has 0 radical (unpaired) electrons. The summed E-state index contributed by atoms with van der Waals surface area (Å²) in [6.45, 7) is 0. The van der Waals surface area contributed by atoms with Gasteiger partial charge in [-0.25, -0.2) is 0 Å². The van der Waals surface area contributed by atoms with Gasteiger partial charge in [-0.3, -0.25) is 4.57 Å². The number of rotatable bonds is 5. The Hall–Kier alpha value is -1.98. The Morgan fingerprint density at radius 3 is 2.86 bits per heavy atom. The third-order valence-corrected chi connectivity index (χ3v) is 4.35. The summed E-state index contributed by atoms with van der Waals surface area (Å²) in [5.41, 5.74) is 2.12. The van der Waals surface area contributed by atoms with Gasteiger partial charge in [-0.1, -0.05) is 41.6 Å². The molecule has 22 heavy (non-hydrogen) atoms. The Morgan fingerprint density at radius 1 is 1.18 bits per heavy atom. The lowest BCUT2D eigenvalue weighted by atomic mass is 10.2. The zero-order valence-corrected chi connectivity index (χ0v) is 13.5. The first-order chi connectivity index (χ1) is 10.8. The van der Waals surface area contributed by atoms with Crippen molar-refractivity contribution in [2.24, 2.45) is 0 Å². The van der Waals surface area contributed by atoms with Crippen LogP contribution in [0.1, 0.15) is 5.56 Å². The van der Waals surface area contributed by atoms with E-state index in [1.54, 1.807) is 25.2 Å². The van der Waals surface area contributed by atoms with Crippen molar-refractivity contribution in [1.82, 2.24) is 14.8 Å². The molecule has 4 nitrogen and oxygen atoms in total. The van der Waals surface area contributed by atoms with Gasteiger partial charge in [-0.2, -0.15) is 0 Å². The summed E-state index contributed by atoms with van der Waals surface area (Å²) in [5, 5.41) is 9.77. The van der Waals surface area contributed by atoms with E-state index < -0.39 is 0 Å². The first-order valence-electron chi connectivity index (χ1n) is 6.68. The Bertz CT molecular complexity index is 775. The number of aromatic nitrogens is 3. The van der Waals surface area contributed by atoms with Crippen LogP contribution in [-0.4, -0.2) is 21.9 Å². The fraction of sp³-hybridized carbons (Fsp3) is 0.125. The molecule has 1 aromatic heterocycles. The summed E-state index contributed by atoms with van der Waals surface area (Å²) in [4.78, 5) is 0. The van der Waals surface area contributed by atoms with Crippen molar-refractivity contribution in [3.8, 4) is 11.4 Å². The van der Waals surface area contributed by atoms with Gasteiger partial charge in [0.15, 0.2) is 5.16 Å². The van der Waals surface area contributed by atoms with Gasteiger partial charge in [0, 0.05) is 16.8 Å². The molecule has 0 unspecified atom stereocenters. The van der Waals surface area contributed by atoms with Crippen LogP contribution in [-0.2, 0) is 5.75 Å². The number of hydrogen-bond donors (Lipinski definition) is 0. The van der Waals surface area contributed by atoms with Gasteiger partial charge in [0.1, 0.15) is 12.1 Å². The van der Waals surface area contributed by atoms with E-state index in [1.165, 1.54) is 0 Å². The van der Waals surface area contributed by atoms with Crippen molar-refractivity contribution < 1.29 is 4.74 Å². The van der Waals surface area contributed by atoms with Crippen LogP contribution in [0.2, 0.25) is 5.02 Å². The largest absolute Gasteiger partial charge is 0.497 e. The van der Waals surface area contributed by atoms with Crippen LogP contribution >= 0.6 is 23.4 Å². The lowest BCUT2D eigenvalue weighted by Gasteiger charge is -2.08. The van der Waals surface area contributed by atoms with Crippen molar-refractivity contribution in [2.75, 3.05) is 7.11 Å². The van der Waals surface area contributed by atoms with Crippen molar-refractivity contribution >= 4 is 23.4 Å². The molecule has 6 heteroatoms. The molecule has 0 saturated carbocycles. The molecule has 0 bridgehead atoms. The van der Waals surface area contributed by atoms with E-state index in [0.717, 1.165) is 32.9 Å². The van der Waals surface area contributed by atoms with Gasteiger partial charge in [0.2, 0.25) is 0 Å². The molecule has 2 aromatic carbocycles. The normalized spacial score (nSPS) is 10.6. The lowest BCUT2D eigenvalue weighted by molar-refractivity contribution is 0.414. The molecule has 112 valence electrons. The quantitative estimate of drug-likeness (QED) is 0.656. The molecule has 3 aromatic rings. The molecular weight excluding hydrogens is 318 g/mol. The maximum Gasteiger partial charge on any atom is 0.195 e. The summed E-state index contributed by atoms with van der Waals surface area (Å²) < 4.78 is 7.20. The zero-order chi connectivity index (χ0) is 15.4. The van der Waals surface area contributed by atoms with E-state index in [4.69, 9.17) is 16.3 Å². The summed E-state index contributed by atoms with van der Waals surface area (Å²) in [5.74, 6) is 1.58. The summed E-state index contributed by atoms with van der Waals surface area (Å²) in [6.07, 6.45) is 1.70. The van der Waals surface area contributed by atoms with Gasteiger partial charge in [0.25, 0.3) is 0 Å². The minimum Gasteiger partial charge on any atom is -0.497 e. The fourth-order valence-electron chi connectivity index (χ4n) is 2.03. The highest BCUT2D eigenvalue weighted by molar-refractivity contribution is 7.98. The third-order valence-electron chi connectivity index (χ3n) is 3.10. The van der Waals surface area contributed by atoms with Crippen molar-refractivity contribution in [3.05, 3.63) is 65.4 Å². The van der Waals surface area contributed by atoms with Crippen molar-refractivity contribution in [2.45, 2.75) is 10.9 Å². The third kappa shape index (κ3) is 3.43. The number of hydrogen-bond acceptors (Lipinski definition) is 4. The number of halogens is 1. The Balaban J connectivity index is 1.80. The topological polar surface area (TPSA) is 39.9 Å². The number of benzene rings is 2. The highest BCUT2D eigenvalue weighted by Gasteiger charge is 2.08. The Morgan fingerprint density at radius 2 is 2.05 bits per heavy atom. The molecular formula is C16H14ClN3OS. The molecule has 0 aliphatic carbocycles. The number of thioether (sulfide) groups is 1. The van der Waals surface area contributed by atoms with Crippen LogP contribution in [0.5, 0.6) is 5.75 Å². The van der Waals surface area contributed by atoms with E-state index in [1.807, 2.05) is 53.1 Å². The van der Waals surface area contributed by atoms with Gasteiger partial charge < -0.3 is 4.74 Å². The molecule has 3 rings (SSSR count). The monoisotopic (exact) mass is 331 g/mol. The van der Waals surface area contributed by atoms with Crippen LogP contribution in [0.15, 0.2) is 60.0 Å². The van der Waals surface area contributed by atoms with Crippen molar-refractivity contribution in [1.29, 1.82) is 0 Å². The molecule has 0 aliphatic rings. The molecule has 0 amide bonds. The predicted octanol–water partition coefficient (Wildman–Crippen LogP) is 4.22. The van der Waals surface area contributed by atoms with Gasteiger partial charge in [-0.15, -0.1) is 10.2 Å². The SMILES string of the molecule is COc1cccc(-n2cnnc2SCc2cccc(Cl)c2)c1. The van der Waals surface area contributed by atoms with Crippen LogP contribution < -0.4 is 4.74 Å². The van der Waals surface area contributed by atoms with Crippen LogP contribution in [0.25, 0.3) is 5.69 Å². The van der Waals surface area contributed by atoms with Crippen molar-refractivity contribution in [3.63, 3.8) is 0 Å². The minimum absolute atomic E-state index is 0.743. The Labute approximate surface area is 138 Å². The van der Waals surface area contributed by atoms with E-state index in [0.29, 0.717) is 0 Å². The second-order valence-corrected chi connectivity index (χ2v) is 5.98. The first kappa shape index (κ1) is 14.9. The summed E-state index contributed by atoms with van der Waals surface area (Å²) >= 11 is 7.62. The lowest BCUT2D eigenvalue weighted by Crippen LogP contribution is -1.96. The average Bonchev–Trinajstić information content (AvgIpc) is 3.01. The number of methoxy groups -OCH3 is 1. The van der Waals surface area contributed by atoms with E-state index >= 15 is 0 Å². The van der Waals surface area contributed by atoms with Gasteiger partial charge in [0.05, 0.1) is 12.8 Å². The standard InChI is InChI=1S/C16H14ClN3OS/c1-21-15-7-3-6-14(9-15)20-11-18-19-16(20)22-10-12-4-2-5-13(17)8-12/h2-9,11H,10H2,1H3. The fourth-order valence-corrected chi connectivity index (χ4v) is 3.12. The van der Waals surface area contributed by atoms with Crippen LogP contribution in [0, 0.1) is 0 Å². The van der Waals surface area contributed by atoms with E-state index in [-0.39, 0.29) is 0 Å². The second kappa shape index (κ2) is 6.85. The summed E-state index contributed by atoms with van der Waals surface area (Å²) in [7, 11) is 1.65. The average molecular weight is 332 g/mol. The van der Waals surface area contributed by atoms with E-state index in [9.17, 15) is 0 Å². The predicted molar refractivity (Wildman–Crippen MR) is 88.9 cm³/mol. The van der Waals surface area contributed by atoms with E-state index in [2.05, 4.69) is 10.2 Å². The first-order valence-corrected chi connectivity index (χ1v) is 8.04. The molecule has 0 saturated heterocycles. The second-order valence-electron chi connectivity index (χ2n) is 4.60. The maximum atomic E-state index is 6.01. The number of nitrogens with zero attached hydrogens (tertiary/aromatic N) is 3. The molecule has 1 heterocycles. The van der Waals surface area contributed by atoms with Crippen LogP contribution in [0.4, 0.5) is 0 Å². The smallest absolute Gasteiger partial charge is 0.195 e. The molecule has 0 N–H and O–H groups in total. The highest BCUT2D eigenvalue weighted by atomic mass is 35.5. The summed E-state index contributed by atoms with van der Waals surface area (Å²) in [6, 6.07) is 15.6. The van der Waals surface area contributed by atoms with Gasteiger partial charge in [-0.05, 0) is 29.8 Å². The molecule has 0 spiro atoms. The minimum atomic E-state index is 0.743. The molecule has 0 aliphatic heterocycles. The highest BCUT2D eigenvalue weighted by Crippen LogP contribution is 2.25. The van der Waals surface area contributed by atoms with Crippen LogP contribution in [0.3, 0.4) is 0 Å². The number of ether oxygens (including phenoxy) is 1. The van der Waals surface area contributed by atoms with Gasteiger partial charge >= 0.3 is 0 Å². The Kier molecular flexibility index (Phi) is 4.65. The maximum absolute atomic E-state index is 6.01.